The highest BCUT2D eigenvalue weighted by atomic mass is 35.5. The van der Waals surface area contributed by atoms with Crippen LogP contribution in [0.3, 0.4) is 0 Å². The van der Waals surface area contributed by atoms with Crippen LogP contribution in [-0.2, 0) is 0 Å². The van der Waals surface area contributed by atoms with E-state index < -0.39 is 6.61 Å². The molecule has 0 aromatic heterocycles. The van der Waals surface area contributed by atoms with Gasteiger partial charge in [0.05, 0.1) is 7.11 Å². The molecule has 8 heteroatoms. The molecule has 120 valence electrons. The summed E-state index contributed by atoms with van der Waals surface area (Å²) in [6, 6.07) is 4.04. The Morgan fingerprint density at radius 1 is 1.33 bits per heavy atom. The highest BCUT2D eigenvalue weighted by Crippen LogP contribution is 2.29. The number of ether oxygens (including phenoxy) is 2. The van der Waals surface area contributed by atoms with Crippen LogP contribution in [0.2, 0.25) is 0 Å². The fraction of sp³-hybridized carbons (Fsp3) is 0.462. The first-order valence-electron chi connectivity index (χ1n) is 6.19. The number of carbonyl (C=O) groups is 1. The van der Waals surface area contributed by atoms with Gasteiger partial charge in [-0.2, -0.15) is 8.78 Å². The molecule has 0 atom stereocenters. The SMILES string of the molecule is COc1cc(C(=O)NCCCCN)ccc1OC(F)F.Cl. The van der Waals surface area contributed by atoms with Crippen LogP contribution in [0.25, 0.3) is 0 Å². The highest BCUT2D eigenvalue weighted by Gasteiger charge is 2.13. The van der Waals surface area contributed by atoms with E-state index in [-0.39, 0.29) is 29.8 Å². The maximum Gasteiger partial charge on any atom is 0.387 e. The third-order valence-corrected chi connectivity index (χ3v) is 2.56. The van der Waals surface area contributed by atoms with Crippen LogP contribution in [0.4, 0.5) is 8.78 Å². The predicted molar refractivity (Wildman–Crippen MR) is 77.5 cm³/mol. The first-order valence-corrected chi connectivity index (χ1v) is 6.19. The van der Waals surface area contributed by atoms with Crippen molar-refractivity contribution >= 4 is 18.3 Å². The van der Waals surface area contributed by atoms with Crippen LogP contribution < -0.4 is 20.5 Å². The molecule has 1 rings (SSSR count). The second-order valence-corrected chi connectivity index (χ2v) is 4.00. The molecule has 0 heterocycles. The second-order valence-electron chi connectivity index (χ2n) is 4.00. The number of rotatable bonds is 8. The highest BCUT2D eigenvalue weighted by molar-refractivity contribution is 5.94. The molecule has 0 unspecified atom stereocenters. The molecule has 0 aliphatic carbocycles. The first kappa shape index (κ1) is 19.4. The maximum atomic E-state index is 12.2. The van der Waals surface area contributed by atoms with Crippen molar-refractivity contribution in [2.75, 3.05) is 20.2 Å². The Labute approximate surface area is 128 Å². The van der Waals surface area contributed by atoms with Crippen LogP contribution in [0.1, 0.15) is 23.2 Å². The second kappa shape index (κ2) is 10.2. The largest absolute Gasteiger partial charge is 0.493 e. The summed E-state index contributed by atoms with van der Waals surface area (Å²) in [5, 5.41) is 2.71. The van der Waals surface area contributed by atoms with Crippen LogP contribution in [0.15, 0.2) is 18.2 Å². The molecule has 0 aliphatic heterocycles. The van der Waals surface area contributed by atoms with Gasteiger partial charge in [0.25, 0.3) is 5.91 Å². The van der Waals surface area contributed by atoms with Crippen LogP contribution in [0, 0.1) is 0 Å². The molecule has 0 fully saturated rings. The topological polar surface area (TPSA) is 73.6 Å². The Kier molecular flexibility index (Phi) is 9.40. The van der Waals surface area contributed by atoms with Crippen molar-refractivity contribution in [2.24, 2.45) is 5.73 Å². The van der Waals surface area contributed by atoms with Crippen molar-refractivity contribution in [1.29, 1.82) is 0 Å². The Morgan fingerprint density at radius 2 is 2.05 bits per heavy atom. The van der Waals surface area contributed by atoms with Crippen LogP contribution >= 0.6 is 12.4 Å². The van der Waals surface area contributed by atoms with E-state index >= 15 is 0 Å². The zero-order valence-corrected chi connectivity index (χ0v) is 12.4. The van der Waals surface area contributed by atoms with Crippen molar-refractivity contribution in [1.82, 2.24) is 5.32 Å². The van der Waals surface area contributed by atoms with Gasteiger partial charge in [-0.05, 0) is 37.6 Å². The van der Waals surface area contributed by atoms with E-state index in [4.69, 9.17) is 10.5 Å². The van der Waals surface area contributed by atoms with Crippen molar-refractivity contribution < 1.29 is 23.0 Å². The fourth-order valence-corrected chi connectivity index (χ4v) is 1.58. The first-order chi connectivity index (χ1) is 9.58. The summed E-state index contributed by atoms with van der Waals surface area (Å²) in [5.41, 5.74) is 5.66. The summed E-state index contributed by atoms with van der Waals surface area (Å²) in [6.07, 6.45) is 1.61. The zero-order chi connectivity index (χ0) is 15.0. The molecule has 1 amide bonds. The van der Waals surface area contributed by atoms with E-state index in [0.29, 0.717) is 18.7 Å². The number of halogens is 3. The fourth-order valence-electron chi connectivity index (χ4n) is 1.58. The number of hydrogen-bond acceptors (Lipinski definition) is 4. The van der Waals surface area contributed by atoms with Crippen molar-refractivity contribution in [2.45, 2.75) is 19.5 Å². The molecule has 1 aromatic rings. The van der Waals surface area contributed by atoms with E-state index in [1.54, 1.807) is 0 Å². The third kappa shape index (κ3) is 6.59. The van der Waals surface area contributed by atoms with Gasteiger partial charge in [-0.3, -0.25) is 4.79 Å². The number of hydrogen-bond donors (Lipinski definition) is 2. The lowest BCUT2D eigenvalue weighted by Gasteiger charge is -2.11. The van der Waals surface area contributed by atoms with Gasteiger partial charge in [0, 0.05) is 12.1 Å². The quantitative estimate of drug-likeness (QED) is 0.719. The molecule has 0 saturated heterocycles. The summed E-state index contributed by atoms with van der Waals surface area (Å²) in [4.78, 5) is 11.8. The molecule has 21 heavy (non-hydrogen) atoms. The lowest BCUT2D eigenvalue weighted by atomic mass is 10.2. The minimum Gasteiger partial charge on any atom is -0.493 e. The van der Waals surface area contributed by atoms with Crippen LogP contribution in [-0.4, -0.2) is 32.7 Å². The van der Waals surface area contributed by atoms with E-state index in [9.17, 15) is 13.6 Å². The van der Waals surface area contributed by atoms with Crippen molar-refractivity contribution in [3.05, 3.63) is 23.8 Å². The minimum atomic E-state index is -2.94. The maximum absolute atomic E-state index is 12.2. The Morgan fingerprint density at radius 3 is 2.62 bits per heavy atom. The summed E-state index contributed by atoms with van der Waals surface area (Å²) in [5.74, 6) is -0.328. The Balaban J connectivity index is 0.00000400. The molecular formula is C13H19ClF2N2O3. The lowest BCUT2D eigenvalue weighted by Crippen LogP contribution is -2.24. The number of amides is 1. The molecule has 0 bridgehead atoms. The number of carbonyl (C=O) groups excluding carboxylic acids is 1. The summed E-state index contributed by atoms with van der Waals surface area (Å²) in [6.45, 7) is -1.86. The number of nitrogens with one attached hydrogen (secondary N) is 1. The number of nitrogens with two attached hydrogens (primary N) is 1. The van der Waals surface area contributed by atoms with Gasteiger partial charge in [-0.1, -0.05) is 0 Å². The Hall–Kier alpha value is -1.60. The number of unbranched alkanes of at least 4 members (excludes halogenated alkanes) is 1. The molecule has 3 N–H and O–H groups in total. The predicted octanol–water partition coefficient (Wildman–Crippen LogP) is 2.19. The van der Waals surface area contributed by atoms with Gasteiger partial charge in [-0.15, -0.1) is 12.4 Å². The van der Waals surface area contributed by atoms with E-state index in [1.165, 1.54) is 25.3 Å². The van der Waals surface area contributed by atoms with E-state index in [2.05, 4.69) is 10.1 Å². The van der Waals surface area contributed by atoms with Crippen LogP contribution in [0.5, 0.6) is 11.5 Å². The van der Waals surface area contributed by atoms with Gasteiger partial charge in [0.2, 0.25) is 0 Å². The standard InChI is InChI=1S/C13H18F2N2O3.ClH/c1-19-11-8-9(4-5-10(11)20-13(14)15)12(18)17-7-3-2-6-16;/h4-5,8,13H,2-3,6-7,16H2,1H3,(H,17,18);1H. The number of benzene rings is 1. The molecule has 0 spiro atoms. The monoisotopic (exact) mass is 324 g/mol. The average Bonchev–Trinajstić information content (AvgIpc) is 2.43. The zero-order valence-electron chi connectivity index (χ0n) is 11.6. The summed E-state index contributed by atoms with van der Waals surface area (Å²) in [7, 11) is 1.32. The number of alkyl halides is 2. The van der Waals surface area contributed by atoms with Gasteiger partial charge >= 0.3 is 6.61 Å². The average molecular weight is 325 g/mol. The molecule has 0 aliphatic rings. The molecule has 1 aromatic carbocycles. The smallest absolute Gasteiger partial charge is 0.387 e. The normalized spacial score (nSPS) is 9.95. The van der Waals surface area contributed by atoms with E-state index in [1.807, 2.05) is 0 Å². The van der Waals surface area contributed by atoms with Gasteiger partial charge in [-0.25, -0.2) is 0 Å². The summed E-state index contributed by atoms with van der Waals surface area (Å²) >= 11 is 0. The summed E-state index contributed by atoms with van der Waals surface area (Å²) < 4.78 is 33.5. The van der Waals surface area contributed by atoms with Crippen molar-refractivity contribution in [3.63, 3.8) is 0 Å². The Bertz CT molecular complexity index is 447. The van der Waals surface area contributed by atoms with Gasteiger partial charge in [0.15, 0.2) is 11.5 Å². The lowest BCUT2D eigenvalue weighted by molar-refractivity contribution is -0.0512. The third-order valence-electron chi connectivity index (χ3n) is 2.56. The van der Waals surface area contributed by atoms with Gasteiger partial charge < -0.3 is 20.5 Å². The number of methoxy groups -OCH3 is 1. The molecule has 5 nitrogen and oxygen atoms in total. The molecule has 0 radical (unpaired) electrons. The van der Waals surface area contributed by atoms with Crippen molar-refractivity contribution in [3.8, 4) is 11.5 Å². The van der Waals surface area contributed by atoms with Gasteiger partial charge in [0.1, 0.15) is 0 Å². The molecular weight excluding hydrogens is 306 g/mol. The van der Waals surface area contributed by atoms with E-state index in [0.717, 1.165) is 12.8 Å². The molecule has 0 saturated carbocycles. The minimum absolute atomic E-state index is 0.